The van der Waals surface area contributed by atoms with Crippen LogP contribution >= 0.6 is 0 Å². The molecule has 0 bridgehead atoms. The third-order valence-corrected chi connectivity index (χ3v) is 9.75. The van der Waals surface area contributed by atoms with E-state index in [1.807, 2.05) is 10.9 Å². The first kappa shape index (κ1) is 27.8. The zero-order valence-corrected chi connectivity index (χ0v) is 23.7. The standard InChI is InChI=1S/C27H30N8O6S/c1-32-14-18(13-29-32)16-42(40,41)33-9-7-19(8-10-33)34-15-17(12-30-34)11-28-21-4-2-3-20-24(21)27(39)35(26(20)38)22-5-6-23(36)31-25(22)37/h2-4,12-15,19,22,28H,5-11,16H2,1H3,(H,31,36,37). The van der Waals surface area contributed by atoms with E-state index in [-0.39, 0.29) is 35.8 Å². The van der Waals surface area contributed by atoms with Crippen molar-refractivity contribution in [1.82, 2.24) is 34.1 Å². The van der Waals surface area contributed by atoms with Gasteiger partial charge in [-0.3, -0.25) is 38.8 Å². The fourth-order valence-electron chi connectivity index (χ4n) is 5.76. The van der Waals surface area contributed by atoms with Crippen LogP contribution in [-0.2, 0) is 39.0 Å². The van der Waals surface area contributed by atoms with Crippen molar-refractivity contribution >= 4 is 39.3 Å². The number of anilines is 1. The highest BCUT2D eigenvalue weighted by molar-refractivity contribution is 7.88. The van der Waals surface area contributed by atoms with Crippen molar-refractivity contribution in [2.75, 3.05) is 18.4 Å². The molecule has 3 aliphatic rings. The van der Waals surface area contributed by atoms with E-state index in [9.17, 15) is 27.6 Å². The molecule has 0 spiro atoms. The van der Waals surface area contributed by atoms with E-state index >= 15 is 0 Å². The van der Waals surface area contributed by atoms with Gasteiger partial charge in [0.15, 0.2) is 0 Å². The molecule has 0 radical (unpaired) electrons. The van der Waals surface area contributed by atoms with Crippen molar-refractivity contribution in [2.24, 2.45) is 7.05 Å². The maximum atomic E-state index is 13.3. The Balaban J connectivity index is 1.08. The van der Waals surface area contributed by atoms with Crippen LogP contribution < -0.4 is 10.6 Å². The minimum absolute atomic E-state index is 0.0471. The van der Waals surface area contributed by atoms with Crippen LogP contribution in [0.3, 0.4) is 0 Å². The van der Waals surface area contributed by atoms with E-state index in [4.69, 9.17) is 0 Å². The lowest BCUT2D eigenvalue weighted by Crippen LogP contribution is -2.54. The largest absolute Gasteiger partial charge is 0.380 e. The Morgan fingerprint density at radius 2 is 1.74 bits per heavy atom. The number of piperidine rings is 2. The number of hydrogen-bond acceptors (Lipinski definition) is 9. The first-order chi connectivity index (χ1) is 20.1. The van der Waals surface area contributed by atoms with Gasteiger partial charge in [-0.1, -0.05) is 6.07 Å². The van der Waals surface area contributed by atoms with E-state index in [0.29, 0.717) is 43.7 Å². The number of imide groups is 2. The number of nitrogens with one attached hydrogen (secondary N) is 2. The quantitative estimate of drug-likeness (QED) is 0.358. The predicted molar refractivity (Wildman–Crippen MR) is 148 cm³/mol. The number of carbonyl (C=O) groups is 4. The molecular weight excluding hydrogens is 564 g/mol. The van der Waals surface area contributed by atoms with Crippen LogP contribution in [0.5, 0.6) is 0 Å². The van der Waals surface area contributed by atoms with Crippen LogP contribution in [0.4, 0.5) is 5.69 Å². The topological polar surface area (TPSA) is 169 Å². The smallest absolute Gasteiger partial charge is 0.264 e. The van der Waals surface area contributed by atoms with Crippen molar-refractivity contribution in [2.45, 2.75) is 50.1 Å². The summed E-state index contributed by atoms with van der Waals surface area (Å²) in [4.78, 5) is 51.2. The van der Waals surface area contributed by atoms with Gasteiger partial charge >= 0.3 is 0 Å². The lowest BCUT2D eigenvalue weighted by molar-refractivity contribution is -0.136. The van der Waals surface area contributed by atoms with Gasteiger partial charge in [-0.15, -0.1) is 0 Å². The average Bonchev–Trinajstić information content (AvgIpc) is 3.66. The number of carbonyl (C=O) groups excluding carboxylic acids is 4. The summed E-state index contributed by atoms with van der Waals surface area (Å²) in [6.07, 6.45) is 8.27. The number of amides is 4. The van der Waals surface area contributed by atoms with Gasteiger partial charge in [-0.2, -0.15) is 10.2 Å². The fourth-order valence-corrected chi connectivity index (χ4v) is 7.28. The lowest BCUT2D eigenvalue weighted by atomic mass is 10.0. The van der Waals surface area contributed by atoms with Gasteiger partial charge in [0.05, 0.1) is 35.3 Å². The van der Waals surface area contributed by atoms with Crippen molar-refractivity contribution in [1.29, 1.82) is 0 Å². The summed E-state index contributed by atoms with van der Waals surface area (Å²) in [5.41, 5.74) is 2.36. The molecule has 5 heterocycles. The highest BCUT2D eigenvalue weighted by atomic mass is 32.2. The van der Waals surface area contributed by atoms with Gasteiger partial charge in [0.1, 0.15) is 6.04 Å². The Kier molecular flexibility index (Phi) is 7.14. The Bertz CT molecular complexity index is 1690. The molecule has 1 aromatic carbocycles. The van der Waals surface area contributed by atoms with Crippen LogP contribution in [0.2, 0.25) is 0 Å². The monoisotopic (exact) mass is 594 g/mol. The van der Waals surface area contributed by atoms with E-state index in [1.165, 1.54) is 4.31 Å². The van der Waals surface area contributed by atoms with Crippen LogP contribution in [0.1, 0.15) is 63.6 Å². The van der Waals surface area contributed by atoms with Crippen molar-refractivity contribution in [3.05, 3.63) is 65.2 Å². The van der Waals surface area contributed by atoms with Gasteiger partial charge in [-0.05, 0) is 31.4 Å². The first-order valence-electron chi connectivity index (χ1n) is 13.7. The molecule has 1 atom stereocenters. The first-order valence-corrected chi connectivity index (χ1v) is 15.3. The third kappa shape index (κ3) is 5.20. The molecule has 2 fully saturated rings. The molecule has 14 nitrogen and oxygen atoms in total. The second-order valence-corrected chi connectivity index (χ2v) is 12.7. The molecule has 15 heteroatoms. The molecule has 4 amide bonds. The minimum atomic E-state index is -3.44. The summed E-state index contributed by atoms with van der Waals surface area (Å²) in [6.45, 7) is 1.13. The molecule has 0 aliphatic carbocycles. The SMILES string of the molecule is Cn1cc(CS(=O)(=O)N2CCC(n3cc(CNc4cccc5c4C(=O)N(C4CCC(=O)NC4=O)C5=O)cn3)CC2)cn1. The van der Waals surface area contributed by atoms with Gasteiger partial charge in [-0.25, -0.2) is 12.7 Å². The summed E-state index contributed by atoms with van der Waals surface area (Å²) in [6, 6.07) is 3.93. The number of aromatic nitrogens is 4. The highest BCUT2D eigenvalue weighted by Crippen LogP contribution is 2.33. The molecule has 3 aromatic rings. The van der Waals surface area contributed by atoms with Crippen LogP contribution in [-0.4, -0.2) is 79.9 Å². The molecule has 2 saturated heterocycles. The molecule has 2 aromatic heterocycles. The third-order valence-electron chi connectivity index (χ3n) is 7.90. The van der Waals surface area contributed by atoms with Crippen LogP contribution in [0.25, 0.3) is 0 Å². The van der Waals surface area contributed by atoms with E-state index in [1.54, 1.807) is 48.5 Å². The predicted octanol–water partition coefficient (Wildman–Crippen LogP) is 0.797. The van der Waals surface area contributed by atoms with Crippen molar-refractivity contribution < 1.29 is 27.6 Å². The molecule has 1 unspecified atom stereocenters. The zero-order chi connectivity index (χ0) is 29.6. The molecule has 0 saturated carbocycles. The summed E-state index contributed by atoms with van der Waals surface area (Å²) in [7, 11) is -1.69. The molecule has 6 rings (SSSR count). The van der Waals surface area contributed by atoms with Crippen molar-refractivity contribution in [3.8, 4) is 0 Å². The number of nitrogens with zero attached hydrogens (tertiary/aromatic N) is 6. The molecule has 220 valence electrons. The van der Waals surface area contributed by atoms with E-state index in [2.05, 4.69) is 20.8 Å². The number of rotatable bonds is 8. The van der Waals surface area contributed by atoms with Gasteiger partial charge in [0, 0.05) is 62.3 Å². The molecule has 2 N–H and O–H groups in total. The number of benzene rings is 1. The maximum absolute atomic E-state index is 13.3. The number of fused-ring (bicyclic) bond motifs is 1. The fraction of sp³-hybridized carbons (Fsp3) is 0.407. The summed E-state index contributed by atoms with van der Waals surface area (Å²) in [5.74, 6) is -2.29. The molecule has 42 heavy (non-hydrogen) atoms. The number of hydrogen-bond donors (Lipinski definition) is 2. The zero-order valence-electron chi connectivity index (χ0n) is 22.9. The van der Waals surface area contributed by atoms with Crippen LogP contribution in [0.15, 0.2) is 43.0 Å². The van der Waals surface area contributed by atoms with Gasteiger partial charge in [0.2, 0.25) is 21.8 Å². The lowest BCUT2D eigenvalue weighted by Gasteiger charge is -2.31. The average molecular weight is 595 g/mol. The van der Waals surface area contributed by atoms with Crippen molar-refractivity contribution in [3.63, 3.8) is 0 Å². The van der Waals surface area contributed by atoms with Gasteiger partial charge in [0.25, 0.3) is 11.8 Å². The maximum Gasteiger partial charge on any atom is 0.264 e. The molecular formula is C27H30N8O6S. The van der Waals surface area contributed by atoms with Gasteiger partial charge < -0.3 is 5.32 Å². The Morgan fingerprint density at radius 1 is 0.976 bits per heavy atom. The second-order valence-electron chi connectivity index (χ2n) is 10.8. The summed E-state index contributed by atoms with van der Waals surface area (Å²) < 4.78 is 30.7. The Labute approximate surface area is 241 Å². The highest BCUT2D eigenvalue weighted by Gasteiger charge is 2.45. The second kappa shape index (κ2) is 10.8. The number of aryl methyl sites for hydroxylation is 1. The minimum Gasteiger partial charge on any atom is -0.380 e. The summed E-state index contributed by atoms with van der Waals surface area (Å²) in [5, 5.41) is 14.0. The number of sulfonamides is 1. The molecule has 3 aliphatic heterocycles. The van der Waals surface area contributed by atoms with Crippen LogP contribution in [0, 0.1) is 0 Å². The van der Waals surface area contributed by atoms with E-state index in [0.717, 1.165) is 10.5 Å². The van der Waals surface area contributed by atoms with E-state index < -0.39 is 39.7 Å². The Hall–Kier alpha value is -4.37. The summed E-state index contributed by atoms with van der Waals surface area (Å²) >= 11 is 0. The normalized spacial score (nSPS) is 20.2. The Morgan fingerprint density at radius 3 is 2.45 bits per heavy atom.